The molecule has 0 fully saturated rings. The molecule has 76 valence electrons. The van der Waals surface area contributed by atoms with E-state index < -0.39 is 6.09 Å². The molecule has 0 radical (unpaired) electrons. The molecular formula is C11H15NO2. The van der Waals surface area contributed by atoms with Crippen molar-refractivity contribution < 1.29 is 9.90 Å². The van der Waals surface area contributed by atoms with Crippen LogP contribution in [0.25, 0.3) is 0 Å². The highest BCUT2D eigenvalue weighted by molar-refractivity contribution is 5.86. The van der Waals surface area contributed by atoms with E-state index in [1.54, 1.807) is 0 Å². The summed E-state index contributed by atoms with van der Waals surface area (Å²) in [4.78, 5) is 12.2. The second-order valence-corrected chi connectivity index (χ2v) is 3.37. The summed E-state index contributed by atoms with van der Waals surface area (Å²) in [6.45, 7) is 6.22. The van der Waals surface area contributed by atoms with Crippen molar-refractivity contribution in [1.29, 1.82) is 0 Å². The Morgan fingerprint density at radius 3 is 2.14 bits per heavy atom. The molecule has 14 heavy (non-hydrogen) atoms. The monoisotopic (exact) mass is 193 g/mol. The molecule has 1 aromatic carbocycles. The molecule has 0 heterocycles. The molecule has 0 aromatic heterocycles. The van der Waals surface area contributed by atoms with Gasteiger partial charge in [-0.1, -0.05) is 6.07 Å². The lowest BCUT2D eigenvalue weighted by molar-refractivity contribution is 0.202. The molecule has 0 aliphatic rings. The van der Waals surface area contributed by atoms with Gasteiger partial charge in [-0.15, -0.1) is 0 Å². The van der Waals surface area contributed by atoms with E-state index in [1.807, 2.05) is 39.0 Å². The predicted octanol–water partition coefficient (Wildman–Crippen LogP) is 2.81. The van der Waals surface area contributed by atoms with Gasteiger partial charge in [-0.25, -0.2) is 4.79 Å². The molecule has 0 aliphatic carbocycles. The molecule has 0 aliphatic heterocycles. The first kappa shape index (κ1) is 10.6. The van der Waals surface area contributed by atoms with Crippen molar-refractivity contribution >= 4 is 11.8 Å². The highest BCUT2D eigenvalue weighted by Crippen LogP contribution is 2.18. The van der Waals surface area contributed by atoms with Crippen LogP contribution in [-0.2, 0) is 0 Å². The highest BCUT2D eigenvalue weighted by atomic mass is 16.4. The third-order valence-electron chi connectivity index (χ3n) is 2.07. The van der Waals surface area contributed by atoms with E-state index in [0.717, 1.165) is 16.8 Å². The van der Waals surface area contributed by atoms with E-state index in [-0.39, 0.29) is 0 Å². The van der Waals surface area contributed by atoms with Crippen molar-refractivity contribution in [3.8, 4) is 0 Å². The van der Waals surface area contributed by atoms with Gasteiger partial charge in [0.1, 0.15) is 0 Å². The van der Waals surface area contributed by atoms with E-state index >= 15 is 0 Å². The molecule has 1 aromatic rings. The summed E-state index contributed by atoms with van der Waals surface area (Å²) in [5, 5.41) is 8.93. The van der Waals surface area contributed by atoms with Crippen LogP contribution in [0, 0.1) is 13.8 Å². The van der Waals surface area contributed by atoms with Gasteiger partial charge in [-0.3, -0.25) is 4.90 Å². The van der Waals surface area contributed by atoms with Gasteiger partial charge in [0.05, 0.1) is 0 Å². The van der Waals surface area contributed by atoms with Crippen LogP contribution >= 0.6 is 0 Å². The van der Waals surface area contributed by atoms with Gasteiger partial charge in [0.2, 0.25) is 0 Å². The largest absolute Gasteiger partial charge is 0.465 e. The van der Waals surface area contributed by atoms with Gasteiger partial charge >= 0.3 is 6.09 Å². The van der Waals surface area contributed by atoms with Crippen LogP contribution in [0.2, 0.25) is 0 Å². The first-order valence-corrected chi connectivity index (χ1v) is 4.63. The van der Waals surface area contributed by atoms with Crippen LogP contribution in [0.1, 0.15) is 18.1 Å². The topological polar surface area (TPSA) is 40.5 Å². The number of rotatable bonds is 2. The molecule has 0 saturated heterocycles. The minimum absolute atomic E-state index is 0.470. The third kappa shape index (κ3) is 2.25. The Morgan fingerprint density at radius 2 is 1.79 bits per heavy atom. The van der Waals surface area contributed by atoms with Crippen LogP contribution in [0.4, 0.5) is 10.5 Å². The first-order chi connectivity index (χ1) is 6.54. The van der Waals surface area contributed by atoms with Crippen molar-refractivity contribution in [2.75, 3.05) is 11.4 Å². The second kappa shape index (κ2) is 4.13. The number of nitrogens with zero attached hydrogens (tertiary/aromatic N) is 1. The SMILES string of the molecule is CCN(C(=O)O)c1cc(C)cc(C)c1. The van der Waals surface area contributed by atoms with Crippen LogP contribution in [0.5, 0.6) is 0 Å². The molecule has 1 rings (SSSR count). The van der Waals surface area contributed by atoms with E-state index in [4.69, 9.17) is 5.11 Å². The Balaban J connectivity index is 3.10. The number of carboxylic acid groups (broad SMARTS) is 1. The molecule has 1 N–H and O–H groups in total. The third-order valence-corrected chi connectivity index (χ3v) is 2.07. The summed E-state index contributed by atoms with van der Waals surface area (Å²) in [7, 11) is 0. The van der Waals surface area contributed by atoms with Gasteiger partial charge in [0.25, 0.3) is 0 Å². The lowest BCUT2D eigenvalue weighted by Gasteiger charge is -2.18. The van der Waals surface area contributed by atoms with Crippen molar-refractivity contribution in [2.45, 2.75) is 20.8 Å². The Bertz CT molecular complexity index is 327. The molecular weight excluding hydrogens is 178 g/mol. The lowest BCUT2D eigenvalue weighted by Crippen LogP contribution is -2.28. The number of aryl methyl sites for hydroxylation is 2. The van der Waals surface area contributed by atoms with Gasteiger partial charge in [0, 0.05) is 12.2 Å². The Kier molecular flexibility index (Phi) is 3.12. The first-order valence-electron chi connectivity index (χ1n) is 4.63. The fourth-order valence-corrected chi connectivity index (χ4v) is 1.53. The number of carbonyl (C=O) groups is 1. The normalized spacial score (nSPS) is 9.93. The molecule has 0 unspecified atom stereocenters. The quantitative estimate of drug-likeness (QED) is 0.784. The zero-order valence-corrected chi connectivity index (χ0v) is 8.74. The molecule has 0 spiro atoms. The minimum Gasteiger partial charge on any atom is -0.465 e. The number of hydrogen-bond donors (Lipinski definition) is 1. The smallest absolute Gasteiger partial charge is 0.411 e. The van der Waals surface area contributed by atoms with Crippen LogP contribution in [-0.4, -0.2) is 17.7 Å². The maximum absolute atomic E-state index is 10.9. The van der Waals surface area contributed by atoms with Gasteiger partial charge in [-0.05, 0) is 44.0 Å². The molecule has 1 amide bonds. The van der Waals surface area contributed by atoms with Crippen molar-refractivity contribution in [3.05, 3.63) is 29.3 Å². The number of benzene rings is 1. The average Bonchev–Trinajstić information content (AvgIpc) is 2.02. The molecule has 0 saturated carbocycles. The maximum Gasteiger partial charge on any atom is 0.411 e. The second-order valence-electron chi connectivity index (χ2n) is 3.37. The maximum atomic E-state index is 10.9. The fourth-order valence-electron chi connectivity index (χ4n) is 1.53. The Hall–Kier alpha value is -1.51. The van der Waals surface area contributed by atoms with E-state index in [0.29, 0.717) is 6.54 Å². The van der Waals surface area contributed by atoms with E-state index in [1.165, 1.54) is 4.90 Å². The zero-order valence-electron chi connectivity index (χ0n) is 8.74. The van der Waals surface area contributed by atoms with Crippen molar-refractivity contribution in [2.24, 2.45) is 0 Å². The van der Waals surface area contributed by atoms with Crippen LogP contribution in [0.15, 0.2) is 18.2 Å². The predicted molar refractivity (Wildman–Crippen MR) is 57.0 cm³/mol. The number of anilines is 1. The standard InChI is InChI=1S/C11H15NO2/c1-4-12(11(13)14)10-6-8(2)5-9(3)7-10/h5-7H,4H2,1-3H3,(H,13,14). The summed E-state index contributed by atoms with van der Waals surface area (Å²) >= 11 is 0. The molecule has 3 heteroatoms. The van der Waals surface area contributed by atoms with Crippen LogP contribution < -0.4 is 4.90 Å². The minimum atomic E-state index is -0.905. The Labute approximate surface area is 84.0 Å². The van der Waals surface area contributed by atoms with Crippen molar-refractivity contribution in [1.82, 2.24) is 0 Å². The van der Waals surface area contributed by atoms with Gasteiger partial charge in [0.15, 0.2) is 0 Å². The number of amides is 1. The van der Waals surface area contributed by atoms with Crippen LogP contribution in [0.3, 0.4) is 0 Å². The summed E-state index contributed by atoms with van der Waals surface area (Å²) in [5.41, 5.74) is 2.91. The molecule has 0 atom stereocenters. The molecule has 3 nitrogen and oxygen atoms in total. The van der Waals surface area contributed by atoms with Crippen molar-refractivity contribution in [3.63, 3.8) is 0 Å². The lowest BCUT2D eigenvalue weighted by atomic mass is 10.1. The summed E-state index contributed by atoms with van der Waals surface area (Å²) in [6, 6.07) is 5.79. The average molecular weight is 193 g/mol. The van der Waals surface area contributed by atoms with Gasteiger partial charge < -0.3 is 5.11 Å². The summed E-state index contributed by atoms with van der Waals surface area (Å²) in [6.07, 6.45) is -0.905. The van der Waals surface area contributed by atoms with E-state index in [9.17, 15) is 4.79 Å². The number of hydrogen-bond acceptors (Lipinski definition) is 1. The molecule has 0 bridgehead atoms. The van der Waals surface area contributed by atoms with E-state index in [2.05, 4.69) is 0 Å². The zero-order chi connectivity index (χ0) is 10.7. The van der Waals surface area contributed by atoms with Gasteiger partial charge in [-0.2, -0.15) is 0 Å². The summed E-state index contributed by atoms with van der Waals surface area (Å²) in [5.74, 6) is 0. The highest BCUT2D eigenvalue weighted by Gasteiger charge is 2.11. The summed E-state index contributed by atoms with van der Waals surface area (Å²) < 4.78 is 0. The fraction of sp³-hybridized carbons (Fsp3) is 0.364. The Morgan fingerprint density at radius 1 is 1.29 bits per heavy atom.